The molecular formula is C30H43N7O. The van der Waals surface area contributed by atoms with Crippen LogP contribution in [0.3, 0.4) is 0 Å². The molecule has 0 saturated carbocycles. The van der Waals surface area contributed by atoms with Crippen LogP contribution in [0.1, 0.15) is 60.7 Å². The van der Waals surface area contributed by atoms with Crippen LogP contribution in [0, 0.1) is 17.3 Å². The molecule has 2 aromatic heterocycles. The van der Waals surface area contributed by atoms with Crippen molar-refractivity contribution in [2.24, 2.45) is 17.3 Å². The van der Waals surface area contributed by atoms with E-state index in [1.807, 2.05) is 24.5 Å². The smallest absolute Gasteiger partial charge is 0.251 e. The minimum absolute atomic E-state index is 0.0336. The predicted molar refractivity (Wildman–Crippen MR) is 150 cm³/mol. The molecule has 0 unspecified atom stereocenters. The molecule has 2 saturated heterocycles. The van der Waals surface area contributed by atoms with Crippen molar-refractivity contribution in [2.45, 2.75) is 52.5 Å². The highest BCUT2D eigenvalue weighted by atomic mass is 16.1. The standard InChI is InChI=1S/C30H43N7O/c1-23(2)20-36-14-7-30(8-15-36)9-16-37(22-30)21-24-3-5-26(6-4-24)29(38)35-19-25(17-27-31-10-11-32-27)18-28-33-12-13-34-28/h3-6,10-13,23,25H,7-9,14-22H2,1-2H3,(H,31,32)(H,33,34)(H,35,38). The average Bonchev–Trinajstić information content (AvgIpc) is 3.68. The van der Waals surface area contributed by atoms with Crippen LogP contribution in [0.15, 0.2) is 49.1 Å². The van der Waals surface area contributed by atoms with Crippen molar-refractivity contribution in [1.29, 1.82) is 0 Å². The number of nitrogens with zero attached hydrogens (tertiary/aromatic N) is 4. The Labute approximate surface area is 226 Å². The van der Waals surface area contributed by atoms with Gasteiger partial charge in [0.1, 0.15) is 11.6 Å². The molecule has 0 atom stereocenters. The zero-order valence-corrected chi connectivity index (χ0v) is 23.0. The maximum atomic E-state index is 12.9. The molecule has 1 amide bonds. The maximum Gasteiger partial charge on any atom is 0.251 e. The lowest BCUT2D eigenvalue weighted by Gasteiger charge is -2.40. The third kappa shape index (κ3) is 7.11. The number of nitrogens with one attached hydrogen (secondary N) is 3. The second-order valence-corrected chi connectivity index (χ2v) is 11.9. The van der Waals surface area contributed by atoms with Gasteiger partial charge in [0.2, 0.25) is 0 Å². The van der Waals surface area contributed by atoms with E-state index in [4.69, 9.17) is 0 Å². The first-order valence-electron chi connectivity index (χ1n) is 14.2. The van der Waals surface area contributed by atoms with Gasteiger partial charge in [-0.15, -0.1) is 0 Å². The number of hydrogen-bond donors (Lipinski definition) is 3. The number of likely N-dealkylation sites (tertiary alicyclic amines) is 2. The summed E-state index contributed by atoms with van der Waals surface area (Å²) in [6, 6.07) is 8.17. The van der Waals surface area contributed by atoms with Crippen LogP contribution in [0.2, 0.25) is 0 Å². The lowest BCUT2D eigenvalue weighted by molar-refractivity contribution is 0.0946. The molecule has 38 heavy (non-hydrogen) atoms. The largest absolute Gasteiger partial charge is 0.352 e. The highest BCUT2D eigenvalue weighted by Crippen LogP contribution is 2.40. The molecule has 8 nitrogen and oxygen atoms in total. The molecule has 0 aliphatic carbocycles. The third-order valence-corrected chi connectivity index (χ3v) is 8.30. The topological polar surface area (TPSA) is 92.9 Å². The minimum atomic E-state index is -0.0336. The molecule has 2 aliphatic heterocycles. The summed E-state index contributed by atoms with van der Waals surface area (Å²) in [5, 5.41) is 3.13. The van der Waals surface area contributed by atoms with Crippen molar-refractivity contribution in [3.05, 3.63) is 71.8 Å². The van der Waals surface area contributed by atoms with Gasteiger partial charge in [-0.25, -0.2) is 9.97 Å². The molecule has 204 valence electrons. The van der Waals surface area contributed by atoms with Crippen molar-refractivity contribution < 1.29 is 4.79 Å². The number of aromatic amines is 2. The van der Waals surface area contributed by atoms with Crippen LogP contribution in [0.4, 0.5) is 0 Å². The first-order chi connectivity index (χ1) is 18.5. The molecule has 3 aromatic rings. The number of H-pyrrole nitrogens is 2. The summed E-state index contributed by atoms with van der Waals surface area (Å²) in [6.07, 6.45) is 12.7. The maximum absolute atomic E-state index is 12.9. The van der Waals surface area contributed by atoms with Gasteiger partial charge in [-0.05, 0) is 73.8 Å². The molecule has 4 heterocycles. The number of hydrogen-bond acceptors (Lipinski definition) is 5. The number of carbonyl (C=O) groups is 1. The Bertz CT molecular complexity index is 1080. The number of amides is 1. The van der Waals surface area contributed by atoms with E-state index in [1.165, 1.54) is 57.5 Å². The summed E-state index contributed by atoms with van der Waals surface area (Å²) in [6.45, 7) is 12.3. The zero-order valence-electron chi connectivity index (χ0n) is 23.0. The Morgan fingerprint density at radius 2 is 1.55 bits per heavy atom. The SMILES string of the molecule is CC(C)CN1CCC2(CC1)CCN(Cc1ccc(C(=O)NCC(Cc3ncc[nH]3)Cc3ncc[nH]3)cc1)C2. The Morgan fingerprint density at radius 1 is 0.947 bits per heavy atom. The highest BCUT2D eigenvalue weighted by molar-refractivity contribution is 5.94. The summed E-state index contributed by atoms with van der Waals surface area (Å²) in [5.74, 6) is 2.75. The first-order valence-corrected chi connectivity index (χ1v) is 14.2. The van der Waals surface area contributed by atoms with Gasteiger partial charge in [-0.3, -0.25) is 9.69 Å². The van der Waals surface area contributed by atoms with Gasteiger partial charge in [0, 0.05) is 69.4 Å². The van der Waals surface area contributed by atoms with Gasteiger partial charge >= 0.3 is 0 Å². The second-order valence-electron chi connectivity index (χ2n) is 11.9. The van der Waals surface area contributed by atoms with Gasteiger partial charge in [-0.2, -0.15) is 0 Å². The van der Waals surface area contributed by atoms with E-state index >= 15 is 0 Å². The Kier molecular flexibility index (Phi) is 8.59. The molecule has 0 bridgehead atoms. The molecule has 0 radical (unpaired) electrons. The number of carbonyl (C=O) groups excluding carboxylic acids is 1. The summed E-state index contributed by atoms with van der Waals surface area (Å²) < 4.78 is 0. The van der Waals surface area contributed by atoms with Crippen LogP contribution >= 0.6 is 0 Å². The van der Waals surface area contributed by atoms with Gasteiger partial charge in [0.05, 0.1) is 0 Å². The fraction of sp³-hybridized carbons (Fsp3) is 0.567. The number of piperidine rings is 1. The molecular weight excluding hydrogens is 474 g/mol. The molecule has 1 spiro atoms. The number of rotatable bonds is 11. The van der Waals surface area contributed by atoms with E-state index in [0.717, 1.165) is 37.0 Å². The van der Waals surface area contributed by atoms with Crippen molar-refractivity contribution in [3.8, 4) is 0 Å². The van der Waals surface area contributed by atoms with E-state index in [0.29, 0.717) is 17.5 Å². The zero-order chi connectivity index (χ0) is 26.4. The summed E-state index contributed by atoms with van der Waals surface area (Å²) in [5.41, 5.74) is 2.50. The lowest BCUT2D eigenvalue weighted by atomic mass is 9.77. The molecule has 3 N–H and O–H groups in total. The van der Waals surface area contributed by atoms with Crippen LogP contribution in [-0.4, -0.2) is 74.9 Å². The van der Waals surface area contributed by atoms with Gasteiger partial charge in [-0.1, -0.05) is 26.0 Å². The average molecular weight is 518 g/mol. The molecule has 5 rings (SSSR count). The van der Waals surface area contributed by atoms with Gasteiger partial charge < -0.3 is 20.2 Å². The summed E-state index contributed by atoms with van der Waals surface area (Å²) >= 11 is 0. The summed E-state index contributed by atoms with van der Waals surface area (Å²) in [4.78, 5) is 33.3. The van der Waals surface area contributed by atoms with E-state index in [-0.39, 0.29) is 11.8 Å². The van der Waals surface area contributed by atoms with Gasteiger partial charge in [0.25, 0.3) is 5.91 Å². The van der Waals surface area contributed by atoms with E-state index in [9.17, 15) is 4.79 Å². The highest BCUT2D eigenvalue weighted by Gasteiger charge is 2.40. The number of benzene rings is 1. The Balaban J connectivity index is 1.10. The van der Waals surface area contributed by atoms with Crippen molar-refractivity contribution in [3.63, 3.8) is 0 Å². The third-order valence-electron chi connectivity index (χ3n) is 8.30. The normalized spacial score (nSPS) is 18.1. The molecule has 8 heteroatoms. The second kappa shape index (κ2) is 12.3. The Hall–Kier alpha value is -2.97. The molecule has 2 aliphatic rings. The van der Waals surface area contributed by atoms with Gasteiger partial charge in [0.15, 0.2) is 0 Å². The van der Waals surface area contributed by atoms with Crippen LogP contribution in [0.25, 0.3) is 0 Å². The monoisotopic (exact) mass is 517 g/mol. The fourth-order valence-electron chi connectivity index (χ4n) is 6.24. The Morgan fingerprint density at radius 3 is 2.11 bits per heavy atom. The first kappa shape index (κ1) is 26.6. The van der Waals surface area contributed by atoms with Crippen molar-refractivity contribution in [1.82, 2.24) is 35.1 Å². The molecule has 2 fully saturated rings. The van der Waals surface area contributed by atoms with E-state index < -0.39 is 0 Å². The fourth-order valence-corrected chi connectivity index (χ4v) is 6.24. The van der Waals surface area contributed by atoms with Crippen molar-refractivity contribution >= 4 is 5.91 Å². The van der Waals surface area contributed by atoms with Crippen molar-refractivity contribution in [2.75, 3.05) is 39.3 Å². The van der Waals surface area contributed by atoms with E-state index in [1.54, 1.807) is 12.4 Å². The van der Waals surface area contributed by atoms with E-state index in [2.05, 4.69) is 61.0 Å². The quantitative estimate of drug-likeness (QED) is 0.359. The predicted octanol–water partition coefficient (Wildman–Crippen LogP) is 3.91. The number of aromatic nitrogens is 4. The van der Waals surface area contributed by atoms with Crippen LogP contribution in [0.5, 0.6) is 0 Å². The number of imidazole rings is 2. The minimum Gasteiger partial charge on any atom is -0.352 e. The van der Waals surface area contributed by atoms with Crippen LogP contribution in [-0.2, 0) is 19.4 Å². The summed E-state index contributed by atoms with van der Waals surface area (Å²) in [7, 11) is 0. The van der Waals surface area contributed by atoms with Crippen LogP contribution < -0.4 is 5.32 Å². The lowest BCUT2D eigenvalue weighted by Crippen LogP contribution is -2.42. The molecule has 1 aromatic carbocycles.